The fourth-order valence-corrected chi connectivity index (χ4v) is 6.86. The number of carbonyl (C=O) groups is 4. The molecule has 0 bridgehead atoms. The van der Waals surface area contributed by atoms with E-state index in [1.807, 2.05) is 18.2 Å². The highest BCUT2D eigenvalue weighted by Crippen LogP contribution is 2.56. The number of Topliss-reactive ketones (excluding diaryl/α,β-unsaturated/α-hetero) is 1. The molecule has 192 valence electrons. The standard InChI is InChI=1S/C30H24INO6/c1-14-11-23(34)22-13-21-18(25(27(22)28(14)35)19-8-7-17(33)12-24(19)38-2)9-10-20-26(21)30(37)32(29(20)36)16-5-3-15(31)4-6-16/h3-9,11-12,20-21,25-26,33H,10,13H2,1-2H3. The van der Waals surface area contributed by atoms with Crippen LogP contribution in [0.2, 0.25) is 0 Å². The van der Waals surface area contributed by atoms with E-state index in [9.17, 15) is 24.3 Å². The maximum Gasteiger partial charge on any atom is 0.238 e. The average molecular weight is 621 g/mol. The Kier molecular flexibility index (Phi) is 5.90. The van der Waals surface area contributed by atoms with E-state index < -0.39 is 23.7 Å². The molecule has 0 spiro atoms. The number of ketones is 2. The zero-order valence-corrected chi connectivity index (χ0v) is 22.9. The molecule has 1 aliphatic heterocycles. The van der Waals surface area contributed by atoms with Gasteiger partial charge in [0.1, 0.15) is 11.5 Å². The summed E-state index contributed by atoms with van der Waals surface area (Å²) in [5.74, 6) is -2.81. The number of methoxy groups -OCH3 is 1. The molecule has 3 aliphatic carbocycles. The summed E-state index contributed by atoms with van der Waals surface area (Å²) in [5, 5.41) is 10.1. The Morgan fingerprint density at radius 3 is 2.45 bits per heavy atom. The zero-order chi connectivity index (χ0) is 26.9. The number of rotatable bonds is 3. The quantitative estimate of drug-likeness (QED) is 0.232. The fourth-order valence-electron chi connectivity index (χ4n) is 6.50. The third kappa shape index (κ3) is 3.60. The number of anilines is 1. The number of benzene rings is 2. The molecule has 6 rings (SSSR count). The summed E-state index contributed by atoms with van der Waals surface area (Å²) in [7, 11) is 1.48. The van der Waals surface area contributed by atoms with Crippen molar-refractivity contribution < 1.29 is 29.0 Å². The molecule has 1 heterocycles. The number of halogens is 1. The van der Waals surface area contributed by atoms with Gasteiger partial charge in [0.15, 0.2) is 11.6 Å². The second-order valence-corrected chi connectivity index (χ2v) is 11.4. The number of carbonyl (C=O) groups excluding carboxylic acids is 4. The van der Waals surface area contributed by atoms with E-state index in [4.69, 9.17) is 4.74 Å². The van der Waals surface area contributed by atoms with Crippen molar-refractivity contribution in [3.63, 3.8) is 0 Å². The zero-order valence-electron chi connectivity index (χ0n) is 20.7. The molecule has 0 saturated carbocycles. The first kappa shape index (κ1) is 24.8. The van der Waals surface area contributed by atoms with E-state index >= 15 is 0 Å². The predicted octanol–water partition coefficient (Wildman–Crippen LogP) is 4.64. The van der Waals surface area contributed by atoms with Gasteiger partial charge in [-0.1, -0.05) is 17.7 Å². The van der Waals surface area contributed by atoms with Gasteiger partial charge in [-0.25, -0.2) is 0 Å². The van der Waals surface area contributed by atoms with Crippen LogP contribution in [-0.2, 0) is 19.2 Å². The van der Waals surface area contributed by atoms with Gasteiger partial charge < -0.3 is 9.84 Å². The summed E-state index contributed by atoms with van der Waals surface area (Å²) in [6.45, 7) is 1.63. The van der Waals surface area contributed by atoms with Crippen LogP contribution < -0.4 is 9.64 Å². The number of hydrogen-bond acceptors (Lipinski definition) is 6. The molecule has 8 heteroatoms. The molecule has 7 nitrogen and oxygen atoms in total. The Balaban J connectivity index is 1.50. The maximum atomic E-state index is 13.9. The van der Waals surface area contributed by atoms with Crippen LogP contribution in [0, 0.1) is 21.3 Å². The number of phenolic OH excluding ortho intramolecular Hbond substituents is 1. The van der Waals surface area contributed by atoms with Crippen molar-refractivity contribution in [3.05, 3.63) is 86.0 Å². The SMILES string of the molecule is COc1cc(O)ccc1C1C2=CCC3C(=O)N(c4ccc(I)cc4)C(=O)C3C2CC2=C1C(=O)C(C)=CC2=O. The first-order chi connectivity index (χ1) is 18.2. The molecule has 0 aromatic heterocycles. The molecule has 0 radical (unpaired) electrons. The molecular weight excluding hydrogens is 597 g/mol. The first-order valence-electron chi connectivity index (χ1n) is 12.4. The van der Waals surface area contributed by atoms with Gasteiger partial charge in [0, 0.05) is 37.8 Å². The molecule has 1 saturated heterocycles. The van der Waals surface area contributed by atoms with Crippen LogP contribution in [0.15, 0.2) is 76.9 Å². The van der Waals surface area contributed by atoms with E-state index in [1.54, 1.807) is 25.1 Å². The van der Waals surface area contributed by atoms with E-state index in [0.717, 1.165) is 9.14 Å². The van der Waals surface area contributed by atoms with Crippen molar-refractivity contribution in [1.82, 2.24) is 0 Å². The topological polar surface area (TPSA) is 101 Å². The number of fused-ring (bicyclic) bond motifs is 3. The van der Waals surface area contributed by atoms with Crippen molar-refractivity contribution in [2.75, 3.05) is 12.0 Å². The number of hydrogen-bond donors (Lipinski definition) is 1. The molecule has 4 atom stereocenters. The summed E-state index contributed by atoms with van der Waals surface area (Å²) < 4.78 is 6.58. The Morgan fingerprint density at radius 2 is 1.74 bits per heavy atom. The minimum Gasteiger partial charge on any atom is -0.508 e. The summed E-state index contributed by atoms with van der Waals surface area (Å²) in [4.78, 5) is 55.5. The van der Waals surface area contributed by atoms with E-state index in [-0.39, 0.29) is 35.6 Å². The minimum atomic E-state index is -0.642. The van der Waals surface area contributed by atoms with E-state index in [1.165, 1.54) is 30.2 Å². The van der Waals surface area contributed by atoms with Crippen molar-refractivity contribution in [2.24, 2.45) is 17.8 Å². The molecule has 1 fully saturated rings. The number of phenols is 1. The fraction of sp³-hybridized carbons (Fsp3) is 0.267. The smallest absolute Gasteiger partial charge is 0.238 e. The minimum absolute atomic E-state index is 0.0108. The summed E-state index contributed by atoms with van der Waals surface area (Å²) in [5.41, 5.74) is 3.15. The monoisotopic (exact) mass is 621 g/mol. The number of ether oxygens (including phenoxy) is 1. The molecule has 2 amide bonds. The number of allylic oxidation sites excluding steroid dienone is 6. The van der Waals surface area contributed by atoms with Gasteiger partial charge in [-0.05, 0) is 84.7 Å². The largest absolute Gasteiger partial charge is 0.508 e. The van der Waals surface area contributed by atoms with Gasteiger partial charge in [0.2, 0.25) is 11.8 Å². The highest BCUT2D eigenvalue weighted by molar-refractivity contribution is 14.1. The average Bonchev–Trinajstić information content (AvgIpc) is 3.16. The van der Waals surface area contributed by atoms with E-state index in [0.29, 0.717) is 40.1 Å². The second-order valence-electron chi connectivity index (χ2n) is 10.1. The van der Waals surface area contributed by atoms with Gasteiger partial charge in [-0.15, -0.1) is 0 Å². The lowest BCUT2D eigenvalue weighted by Crippen LogP contribution is -2.40. The molecule has 4 aliphatic rings. The lowest BCUT2D eigenvalue weighted by Gasteiger charge is -2.42. The Hall–Kier alpha value is -3.53. The molecule has 1 N–H and O–H groups in total. The normalized spacial score (nSPS) is 26.6. The maximum absolute atomic E-state index is 13.9. The van der Waals surface area contributed by atoms with Crippen molar-refractivity contribution in [2.45, 2.75) is 25.7 Å². The van der Waals surface area contributed by atoms with Gasteiger partial charge in [0.05, 0.1) is 24.6 Å². The number of aromatic hydroxyl groups is 1. The number of nitrogens with zero attached hydrogens (tertiary/aromatic N) is 1. The third-order valence-corrected chi connectivity index (χ3v) is 8.90. The summed E-state index contributed by atoms with van der Waals surface area (Å²) in [6, 6.07) is 11.9. The third-order valence-electron chi connectivity index (χ3n) is 8.18. The number of imide groups is 1. The summed E-state index contributed by atoms with van der Waals surface area (Å²) >= 11 is 2.17. The lowest BCUT2D eigenvalue weighted by molar-refractivity contribution is -0.123. The molecule has 4 unspecified atom stereocenters. The van der Waals surface area contributed by atoms with E-state index in [2.05, 4.69) is 22.6 Å². The van der Waals surface area contributed by atoms with Gasteiger partial charge in [-0.3, -0.25) is 24.1 Å². The Morgan fingerprint density at radius 1 is 1.00 bits per heavy atom. The lowest BCUT2D eigenvalue weighted by atomic mass is 9.59. The van der Waals surface area contributed by atoms with Crippen LogP contribution >= 0.6 is 22.6 Å². The summed E-state index contributed by atoms with van der Waals surface area (Å²) in [6.07, 6.45) is 3.91. The van der Waals surface area contributed by atoms with Crippen LogP contribution in [0.4, 0.5) is 5.69 Å². The van der Waals surface area contributed by atoms with Crippen LogP contribution in [0.5, 0.6) is 11.5 Å². The molecule has 38 heavy (non-hydrogen) atoms. The highest BCUT2D eigenvalue weighted by Gasteiger charge is 2.56. The van der Waals surface area contributed by atoms with Crippen LogP contribution in [0.1, 0.15) is 31.2 Å². The van der Waals surface area contributed by atoms with Crippen molar-refractivity contribution in [1.29, 1.82) is 0 Å². The van der Waals surface area contributed by atoms with Gasteiger partial charge in [-0.2, -0.15) is 0 Å². The predicted molar refractivity (Wildman–Crippen MR) is 148 cm³/mol. The second kappa shape index (κ2) is 9.04. The van der Waals surface area contributed by atoms with Crippen LogP contribution in [0.3, 0.4) is 0 Å². The van der Waals surface area contributed by atoms with Crippen LogP contribution in [0.25, 0.3) is 0 Å². The van der Waals surface area contributed by atoms with Crippen molar-refractivity contribution in [3.8, 4) is 11.5 Å². The van der Waals surface area contributed by atoms with Gasteiger partial charge in [0.25, 0.3) is 0 Å². The van der Waals surface area contributed by atoms with Gasteiger partial charge >= 0.3 is 0 Å². The Bertz CT molecular complexity index is 1530. The van der Waals surface area contributed by atoms with Crippen molar-refractivity contribution >= 4 is 51.7 Å². The van der Waals surface area contributed by atoms with Crippen LogP contribution in [-0.4, -0.2) is 35.6 Å². The molecular formula is C30H24INO6. The first-order valence-corrected chi connectivity index (χ1v) is 13.5. The Labute approximate surface area is 233 Å². The molecule has 2 aromatic rings. The number of amides is 2. The molecule has 2 aromatic carbocycles. The highest BCUT2D eigenvalue weighted by atomic mass is 127.